The summed E-state index contributed by atoms with van der Waals surface area (Å²) < 4.78 is 12.5. The first kappa shape index (κ1) is 23.7. The van der Waals surface area contributed by atoms with Crippen LogP contribution in [0.15, 0.2) is 41.7 Å². The van der Waals surface area contributed by atoms with Gasteiger partial charge in [0, 0.05) is 45.1 Å². The molecule has 1 aromatic carbocycles. The largest absolute Gasteiger partial charge is 0.497 e. The molecule has 0 bridgehead atoms. The van der Waals surface area contributed by atoms with E-state index in [4.69, 9.17) is 14.5 Å². The van der Waals surface area contributed by atoms with Crippen molar-refractivity contribution in [1.82, 2.24) is 25.3 Å². The Morgan fingerprint density at radius 2 is 2.00 bits per heavy atom. The van der Waals surface area contributed by atoms with E-state index in [1.165, 1.54) is 5.56 Å². The van der Waals surface area contributed by atoms with Crippen molar-refractivity contribution < 1.29 is 9.47 Å². The van der Waals surface area contributed by atoms with E-state index in [9.17, 15) is 0 Å². The van der Waals surface area contributed by atoms with Crippen molar-refractivity contribution in [1.29, 1.82) is 0 Å². The quantitative estimate of drug-likeness (QED) is 0.314. The number of methoxy groups -OCH3 is 1. The summed E-state index contributed by atoms with van der Waals surface area (Å²) in [5, 5.41) is 11.2. The molecule has 1 atom stereocenters. The first-order valence-corrected chi connectivity index (χ1v) is 10.4. The Balaban J connectivity index is 2.01. The Kier molecular flexibility index (Phi) is 10.2. The number of likely N-dealkylation sites (N-methyl/N-ethyl adjacent to an activating group) is 1. The van der Waals surface area contributed by atoms with Gasteiger partial charge < -0.3 is 25.0 Å². The van der Waals surface area contributed by atoms with Gasteiger partial charge in [0.05, 0.1) is 25.9 Å². The number of hydrogen-bond acceptors (Lipinski definition) is 5. The van der Waals surface area contributed by atoms with Gasteiger partial charge in [0.25, 0.3) is 0 Å². The number of rotatable bonds is 12. The molecule has 0 aliphatic rings. The fraction of sp³-hybridized carbons (Fsp3) is 0.545. The zero-order valence-corrected chi connectivity index (χ0v) is 18.9. The van der Waals surface area contributed by atoms with Crippen LogP contribution < -0.4 is 15.4 Å². The first-order chi connectivity index (χ1) is 14.5. The fourth-order valence-corrected chi connectivity index (χ4v) is 3.01. The maximum Gasteiger partial charge on any atom is 0.191 e. The zero-order valence-electron chi connectivity index (χ0n) is 18.9. The van der Waals surface area contributed by atoms with Crippen LogP contribution in [0.3, 0.4) is 0 Å². The van der Waals surface area contributed by atoms with Crippen LogP contribution in [0, 0.1) is 0 Å². The third-order valence-electron chi connectivity index (χ3n) is 4.74. The summed E-state index contributed by atoms with van der Waals surface area (Å²) in [4.78, 5) is 6.95. The molecule has 1 heterocycles. The summed E-state index contributed by atoms with van der Waals surface area (Å²) >= 11 is 0. The molecular formula is C22H36N6O2. The summed E-state index contributed by atoms with van der Waals surface area (Å²) in [6.45, 7) is 5.60. The van der Waals surface area contributed by atoms with Gasteiger partial charge in [-0.2, -0.15) is 5.10 Å². The minimum atomic E-state index is 0.190. The standard InChI is InChI=1S/C22H36N6O2/c1-6-30-13-7-12-23-22(24-14-18-8-10-20(29-5)11-9-18)25-16-21(27(2)3)19-15-26-28(4)17-19/h8-11,15,17,21H,6-7,12-14,16H2,1-5H3,(H2,23,24,25). The van der Waals surface area contributed by atoms with E-state index < -0.39 is 0 Å². The molecular weight excluding hydrogens is 380 g/mol. The molecule has 8 heteroatoms. The predicted octanol–water partition coefficient (Wildman–Crippen LogP) is 2.19. The summed E-state index contributed by atoms with van der Waals surface area (Å²) in [7, 11) is 7.75. The average molecular weight is 417 g/mol. The summed E-state index contributed by atoms with van der Waals surface area (Å²) in [5.41, 5.74) is 2.29. The molecule has 30 heavy (non-hydrogen) atoms. The van der Waals surface area contributed by atoms with E-state index in [-0.39, 0.29) is 6.04 Å². The number of nitrogens with zero attached hydrogens (tertiary/aromatic N) is 4. The van der Waals surface area contributed by atoms with Gasteiger partial charge in [-0.05, 0) is 45.1 Å². The smallest absolute Gasteiger partial charge is 0.191 e. The van der Waals surface area contributed by atoms with Crippen LogP contribution in [-0.4, -0.2) is 68.1 Å². The van der Waals surface area contributed by atoms with Crippen molar-refractivity contribution in [3.8, 4) is 5.75 Å². The second kappa shape index (κ2) is 12.9. The molecule has 2 rings (SSSR count). The minimum absolute atomic E-state index is 0.190. The Morgan fingerprint density at radius 1 is 1.23 bits per heavy atom. The molecule has 1 unspecified atom stereocenters. The van der Waals surface area contributed by atoms with Gasteiger partial charge in [-0.25, -0.2) is 4.99 Å². The Morgan fingerprint density at radius 3 is 2.60 bits per heavy atom. The first-order valence-electron chi connectivity index (χ1n) is 10.4. The van der Waals surface area contributed by atoms with Gasteiger partial charge in [-0.3, -0.25) is 4.68 Å². The number of aryl methyl sites for hydroxylation is 1. The van der Waals surface area contributed by atoms with Crippen LogP contribution in [0.1, 0.15) is 30.5 Å². The van der Waals surface area contributed by atoms with Gasteiger partial charge in [0.1, 0.15) is 5.75 Å². The molecule has 0 saturated carbocycles. The molecule has 2 aromatic rings. The topological polar surface area (TPSA) is 75.9 Å². The summed E-state index contributed by atoms with van der Waals surface area (Å²) in [6.07, 6.45) is 4.89. The number of nitrogens with one attached hydrogen (secondary N) is 2. The van der Waals surface area contributed by atoms with Gasteiger partial charge in [0.2, 0.25) is 0 Å². The fourth-order valence-electron chi connectivity index (χ4n) is 3.01. The molecule has 0 spiro atoms. The van der Waals surface area contributed by atoms with Crippen LogP contribution in [-0.2, 0) is 18.3 Å². The number of guanidine groups is 1. The molecule has 1 aromatic heterocycles. The molecule has 0 aliphatic carbocycles. The predicted molar refractivity (Wildman–Crippen MR) is 121 cm³/mol. The number of benzene rings is 1. The maximum atomic E-state index is 5.43. The minimum Gasteiger partial charge on any atom is -0.497 e. The van der Waals surface area contributed by atoms with E-state index in [0.29, 0.717) is 6.54 Å². The third kappa shape index (κ3) is 8.04. The zero-order chi connectivity index (χ0) is 21.8. The van der Waals surface area contributed by atoms with Crippen molar-refractivity contribution in [2.75, 3.05) is 47.5 Å². The van der Waals surface area contributed by atoms with E-state index >= 15 is 0 Å². The third-order valence-corrected chi connectivity index (χ3v) is 4.74. The van der Waals surface area contributed by atoms with Crippen LogP contribution in [0.4, 0.5) is 0 Å². The lowest BCUT2D eigenvalue weighted by molar-refractivity contribution is 0.145. The molecule has 166 valence electrons. The van der Waals surface area contributed by atoms with Crippen molar-refractivity contribution >= 4 is 5.96 Å². The highest BCUT2D eigenvalue weighted by molar-refractivity contribution is 5.79. The lowest BCUT2D eigenvalue weighted by Crippen LogP contribution is -2.42. The Bertz CT molecular complexity index is 757. The van der Waals surface area contributed by atoms with E-state index in [0.717, 1.165) is 50.0 Å². The maximum absolute atomic E-state index is 5.43. The molecule has 0 amide bonds. The molecule has 8 nitrogen and oxygen atoms in total. The highest BCUT2D eigenvalue weighted by Crippen LogP contribution is 2.16. The lowest BCUT2D eigenvalue weighted by atomic mass is 10.1. The number of aliphatic imine (C=N–C) groups is 1. The van der Waals surface area contributed by atoms with E-state index in [1.807, 2.05) is 49.1 Å². The van der Waals surface area contributed by atoms with Crippen LogP contribution >= 0.6 is 0 Å². The van der Waals surface area contributed by atoms with Gasteiger partial charge in [0.15, 0.2) is 5.96 Å². The van der Waals surface area contributed by atoms with Gasteiger partial charge >= 0.3 is 0 Å². The van der Waals surface area contributed by atoms with Crippen LogP contribution in [0.5, 0.6) is 5.75 Å². The Hall–Kier alpha value is -2.58. The monoisotopic (exact) mass is 416 g/mol. The highest BCUT2D eigenvalue weighted by atomic mass is 16.5. The van der Waals surface area contributed by atoms with Crippen LogP contribution in [0.2, 0.25) is 0 Å². The highest BCUT2D eigenvalue weighted by Gasteiger charge is 2.16. The van der Waals surface area contributed by atoms with Crippen molar-refractivity contribution in [3.63, 3.8) is 0 Å². The molecule has 0 fully saturated rings. The summed E-state index contributed by atoms with van der Waals surface area (Å²) in [6, 6.07) is 8.17. The van der Waals surface area contributed by atoms with E-state index in [1.54, 1.807) is 7.11 Å². The van der Waals surface area contributed by atoms with E-state index in [2.05, 4.69) is 40.9 Å². The number of ether oxygens (including phenoxy) is 2. The van der Waals surface area contributed by atoms with Crippen LogP contribution in [0.25, 0.3) is 0 Å². The summed E-state index contributed by atoms with van der Waals surface area (Å²) in [5.74, 6) is 1.64. The number of aromatic nitrogens is 2. The average Bonchev–Trinajstić information content (AvgIpc) is 3.17. The molecule has 2 N–H and O–H groups in total. The second-order valence-corrected chi connectivity index (χ2v) is 7.30. The molecule has 0 saturated heterocycles. The number of hydrogen-bond donors (Lipinski definition) is 2. The van der Waals surface area contributed by atoms with Crippen molar-refractivity contribution in [2.45, 2.75) is 25.9 Å². The lowest BCUT2D eigenvalue weighted by Gasteiger charge is -2.24. The normalized spacial score (nSPS) is 12.8. The van der Waals surface area contributed by atoms with Crippen molar-refractivity contribution in [2.24, 2.45) is 12.0 Å². The van der Waals surface area contributed by atoms with Gasteiger partial charge in [-0.1, -0.05) is 12.1 Å². The SMILES string of the molecule is CCOCCCNC(=NCc1ccc(OC)cc1)NCC(c1cnn(C)c1)N(C)C. The second-order valence-electron chi connectivity index (χ2n) is 7.30. The molecule has 0 aliphatic heterocycles. The van der Waals surface area contributed by atoms with Gasteiger partial charge in [-0.15, -0.1) is 0 Å². The Labute approximate surface area is 180 Å². The molecule has 0 radical (unpaired) electrons. The van der Waals surface area contributed by atoms with Crippen molar-refractivity contribution in [3.05, 3.63) is 47.8 Å².